The van der Waals surface area contributed by atoms with E-state index in [4.69, 9.17) is 0 Å². The van der Waals surface area contributed by atoms with Gasteiger partial charge in [-0.2, -0.15) is 0 Å². The second-order valence-corrected chi connectivity index (χ2v) is 9.54. The number of nitrogens with one attached hydrogen (secondary N) is 2. The molecule has 1 atom stereocenters. The van der Waals surface area contributed by atoms with E-state index >= 15 is 0 Å². The highest BCUT2D eigenvalue weighted by Gasteiger charge is 2.31. The van der Waals surface area contributed by atoms with E-state index in [0.717, 1.165) is 45.2 Å². The first kappa shape index (κ1) is 17.0. The van der Waals surface area contributed by atoms with Gasteiger partial charge >= 0.3 is 6.03 Å². The van der Waals surface area contributed by atoms with Gasteiger partial charge in [-0.1, -0.05) is 19.3 Å². The fraction of sp³-hybridized carbons (Fsp3) is 0.938. The number of hydrogen-bond acceptors (Lipinski definition) is 4. The summed E-state index contributed by atoms with van der Waals surface area (Å²) in [4.78, 5) is 14.2. The van der Waals surface area contributed by atoms with Gasteiger partial charge in [-0.3, -0.25) is 0 Å². The lowest BCUT2D eigenvalue weighted by Gasteiger charge is -2.35. The van der Waals surface area contributed by atoms with E-state index in [9.17, 15) is 13.2 Å². The van der Waals surface area contributed by atoms with Crippen molar-refractivity contribution >= 4 is 15.9 Å². The third-order valence-electron chi connectivity index (χ3n) is 5.42. The van der Waals surface area contributed by atoms with E-state index in [0.29, 0.717) is 17.8 Å². The first-order valence-electron chi connectivity index (χ1n) is 9.04. The van der Waals surface area contributed by atoms with Crippen molar-refractivity contribution in [3.05, 3.63) is 0 Å². The molecule has 3 rings (SSSR count). The van der Waals surface area contributed by atoms with Gasteiger partial charge in [0.05, 0.1) is 11.5 Å². The van der Waals surface area contributed by atoms with Gasteiger partial charge in [0.1, 0.15) is 0 Å². The van der Waals surface area contributed by atoms with E-state index < -0.39 is 9.84 Å². The standard InChI is InChI=1S/C16H29N3O3S/c20-16(18-13-4-2-1-3-5-13)19-9-6-14(7-10-19)17-15-8-11-23(21,22)12-15/h13-15,17H,1-12H2,(H,18,20)/t15-/m1/s1. The predicted molar refractivity (Wildman–Crippen MR) is 90.2 cm³/mol. The maximum Gasteiger partial charge on any atom is 0.317 e. The Morgan fingerprint density at radius 2 is 1.57 bits per heavy atom. The highest BCUT2D eigenvalue weighted by atomic mass is 32.2. The summed E-state index contributed by atoms with van der Waals surface area (Å²) < 4.78 is 23.0. The normalized spacial score (nSPS) is 29.6. The van der Waals surface area contributed by atoms with E-state index in [2.05, 4.69) is 10.6 Å². The maximum atomic E-state index is 12.3. The molecule has 2 aliphatic heterocycles. The Morgan fingerprint density at radius 3 is 2.17 bits per heavy atom. The van der Waals surface area contributed by atoms with Crippen LogP contribution in [0.3, 0.4) is 0 Å². The smallest absolute Gasteiger partial charge is 0.317 e. The Labute approximate surface area is 139 Å². The Hall–Kier alpha value is -0.820. The van der Waals surface area contributed by atoms with E-state index in [1.165, 1.54) is 19.3 Å². The number of piperidine rings is 1. The average molecular weight is 343 g/mol. The van der Waals surface area contributed by atoms with Crippen LogP contribution in [0.5, 0.6) is 0 Å². The molecular weight excluding hydrogens is 314 g/mol. The van der Waals surface area contributed by atoms with E-state index in [1.54, 1.807) is 0 Å². The van der Waals surface area contributed by atoms with Gasteiger partial charge in [-0.05, 0) is 32.1 Å². The van der Waals surface area contributed by atoms with Gasteiger partial charge < -0.3 is 15.5 Å². The Morgan fingerprint density at radius 1 is 0.870 bits per heavy atom. The molecule has 0 bridgehead atoms. The van der Waals surface area contributed by atoms with Crippen molar-refractivity contribution in [2.75, 3.05) is 24.6 Å². The van der Waals surface area contributed by atoms with Crippen LogP contribution >= 0.6 is 0 Å². The molecule has 2 saturated heterocycles. The Balaban J connectivity index is 1.38. The third kappa shape index (κ3) is 4.83. The molecule has 0 radical (unpaired) electrons. The van der Waals surface area contributed by atoms with Crippen molar-refractivity contribution in [3.8, 4) is 0 Å². The van der Waals surface area contributed by atoms with Crippen molar-refractivity contribution in [2.45, 2.75) is 69.5 Å². The number of likely N-dealkylation sites (tertiary alicyclic amines) is 1. The number of urea groups is 1. The fourth-order valence-electron chi connectivity index (χ4n) is 4.02. The number of nitrogens with zero attached hydrogens (tertiary/aromatic N) is 1. The molecule has 0 aromatic carbocycles. The van der Waals surface area contributed by atoms with E-state index in [1.807, 2.05) is 4.90 Å². The van der Waals surface area contributed by atoms with Gasteiger partial charge in [-0.15, -0.1) is 0 Å². The summed E-state index contributed by atoms with van der Waals surface area (Å²) in [7, 11) is -2.82. The summed E-state index contributed by atoms with van der Waals surface area (Å²) >= 11 is 0. The molecule has 2 heterocycles. The van der Waals surface area contributed by atoms with Crippen molar-refractivity contribution in [2.24, 2.45) is 0 Å². The van der Waals surface area contributed by atoms with Crippen LogP contribution in [0.15, 0.2) is 0 Å². The zero-order chi connectivity index (χ0) is 16.3. The number of sulfone groups is 1. The number of carbonyl (C=O) groups excluding carboxylic acids is 1. The van der Waals surface area contributed by atoms with Crippen molar-refractivity contribution < 1.29 is 13.2 Å². The van der Waals surface area contributed by atoms with Gasteiger partial charge in [-0.25, -0.2) is 13.2 Å². The second kappa shape index (κ2) is 7.38. The SMILES string of the molecule is O=C(NC1CCCCC1)N1CCC(N[C@@H]2CCS(=O)(=O)C2)CC1. The molecule has 23 heavy (non-hydrogen) atoms. The highest BCUT2D eigenvalue weighted by Crippen LogP contribution is 2.19. The first-order chi connectivity index (χ1) is 11.0. The summed E-state index contributed by atoms with van der Waals surface area (Å²) in [6.07, 6.45) is 8.51. The Bertz CT molecular complexity index is 509. The van der Waals surface area contributed by atoms with Crippen LogP contribution in [0.4, 0.5) is 4.79 Å². The molecule has 1 saturated carbocycles. The summed E-state index contributed by atoms with van der Waals surface area (Å²) in [6.45, 7) is 1.52. The second-order valence-electron chi connectivity index (χ2n) is 7.31. The summed E-state index contributed by atoms with van der Waals surface area (Å²) in [5.74, 6) is 0.586. The monoisotopic (exact) mass is 343 g/mol. The number of hydrogen-bond donors (Lipinski definition) is 2. The first-order valence-corrected chi connectivity index (χ1v) is 10.9. The molecule has 3 fully saturated rings. The van der Waals surface area contributed by atoms with Crippen LogP contribution in [-0.4, -0.2) is 62.1 Å². The van der Waals surface area contributed by atoms with Crippen LogP contribution in [0.25, 0.3) is 0 Å². The molecule has 2 amide bonds. The maximum absolute atomic E-state index is 12.3. The van der Waals surface area contributed by atoms with Crippen LogP contribution < -0.4 is 10.6 Å². The van der Waals surface area contributed by atoms with Gasteiger partial charge in [0, 0.05) is 31.2 Å². The Kier molecular flexibility index (Phi) is 5.46. The molecule has 0 unspecified atom stereocenters. The van der Waals surface area contributed by atoms with Crippen molar-refractivity contribution in [1.82, 2.24) is 15.5 Å². The van der Waals surface area contributed by atoms with Gasteiger partial charge in [0.2, 0.25) is 0 Å². The van der Waals surface area contributed by atoms with Crippen molar-refractivity contribution in [3.63, 3.8) is 0 Å². The minimum absolute atomic E-state index is 0.0822. The largest absolute Gasteiger partial charge is 0.335 e. The molecule has 132 valence electrons. The third-order valence-corrected chi connectivity index (χ3v) is 7.19. The van der Waals surface area contributed by atoms with E-state index in [-0.39, 0.29) is 17.8 Å². The fourth-order valence-corrected chi connectivity index (χ4v) is 5.71. The summed E-state index contributed by atoms with van der Waals surface area (Å²) in [5.41, 5.74) is 0. The minimum atomic E-state index is -2.82. The molecule has 3 aliphatic rings. The molecule has 6 nitrogen and oxygen atoms in total. The molecule has 1 aliphatic carbocycles. The lowest BCUT2D eigenvalue weighted by molar-refractivity contribution is 0.168. The predicted octanol–water partition coefficient (Wildman–Crippen LogP) is 1.27. The number of carbonyl (C=O) groups is 1. The lowest BCUT2D eigenvalue weighted by atomic mass is 9.95. The highest BCUT2D eigenvalue weighted by molar-refractivity contribution is 7.91. The average Bonchev–Trinajstić information content (AvgIpc) is 2.88. The zero-order valence-corrected chi connectivity index (χ0v) is 14.6. The lowest BCUT2D eigenvalue weighted by Crippen LogP contribution is -2.52. The molecule has 7 heteroatoms. The topological polar surface area (TPSA) is 78.5 Å². The van der Waals surface area contributed by atoms with Gasteiger partial charge in [0.15, 0.2) is 9.84 Å². The number of amides is 2. The van der Waals surface area contributed by atoms with Crippen LogP contribution in [0, 0.1) is 0 Å². The molecule has 0 spiro atoms. The molecular formula is C16H29N3O3S. The van der Waals surface area contributed by atoms with Gasteiger partial charge in [0.25, 0.3) is 0 Å². The quantitative estimate of drug-likeness (QED) is 0.809. The van der Waals surface area contributed by atoms with Crippen LogP contribution in [-0.2, 0) is 9.84 Å². The molecule has 2 N–H and O–H groups in total. The minimum Gasteiger partial charge on any atom is -0.335 e. The summed E-state index contributed by atoms with van der Waals surface area (Å²) in [6, 6.07) is 0.884. The van der Waals surface area contributed by atoms with Crippen LogP contribution in [0.1, 0.15) is 51.4 Å². The molecule has 0 aromatic heterocycles. The molecule has 0 aromatic rings. The number of rotatable bonds is 3. The zero-order valence-electron chi connectivity index (χ0n) is 13.8. The van der Waals surface area contributed by atoms with Crippen LogP contribution in [0.2, 0.25) is 0 Å². The van der Waals surface area contributed by atoms with Crippen molar-refractivity contribution in [1.29, 1.82) is 0 Å². The summed E-state index contributed by atoms with van der Waals surface area (Å²) in [5, 5.41) is 6.65.